The van der Waals surface area contributed by atoms with Crippen LogP contribution in [0.15, 0.2) is 83.8 Å². The number of nitrogens with one attached hydrogen (secondary N) is 1. The number of hydrogen-bond acceptors (Lipinski definition) is 6. The zero-order valence-electron chi connectivity index (χ0n) is 18.6. The number of ketones is 1. The number of carbonyl (C=O) groups excluding carboxylic acids is 2. The molecule has 1 heterocycles. The van der Waals surface area contributed by atoms with Crippen LogP contribution in [0.4, 0.5) is 0 Å². The summed E-state index contributed by atoms with van der Waals surface area (Å²) in [5.41, 5.74) is 1.87. The minimum absolute atomic E-state index is 0.0476. The molecule has 1 fully saturated rings. The lowest BCUT2D eigenvalue weighted by Crippen LogP contribution is -2.44. The van der Waals surface area contributed by atoms with Crippen LogP contribution < -0.4 is 10.1 Å². The monoisotopic (exact) mass is 471 g/mol. The van der Waals surface area contributed by atoms with Crippen LogP contribution in [0.2, 0.25) is 0 Å². The number of carbonyl (C=O) groups is 2. The Morgan fingerprint density at radius 2 is 1.59 bits per heavy atom. The second-order valence-electron chi connectivity index (χ2n) is 8.01. The van der Waals surface area contributed by atoms with Gasteiger partial charge in [0.15, 0.2) is 12.4 Å². The fraction of sp³-hybridized carbons (Fsp3) is 0.222. The zero-order valence-corrected chi connectivity index (χ0v) is 19.5. The van der Waals surface area contributed by atoms with Gasteiger partial charge >= 0.3 is 0 Å². The van der Waals surface area contributed by atoms with Crippen molar-refractivity contribution in [1.82, 2.24) is 9.62 Å². The summed E-state index contributed by atoms with van der Waals surface area (Å²) in [6.07, 6.45) is 1.73. The maximum absolute atomic E-state index is 12.5. The zero-order chi connectivity index (χ0) is 23.8. The van der Waals surface area contributed by atoms with Crippen LogP contribution >= 0.6 is 11.9 Å². The van der Waals surface area contributed by atoms with Crippen molar-refractivity contribution in [2.75, 3.05) is 19.7 Å². The maximum atomic E-state index is 12.5. The first-order valence-electron chi connectivity index (χ1n) is 11.2. The molecule has 0 spiro atoms. The lowest BCUT2D eigenvalue weighted by atomic mass is 10.0. The third-order valence-electron chi connectivity index (χ3n) is 5.56. The van der Waals surface area contributed by atoms with Gasteiger partial charge in [-0.3, -0.25) is 9.59 Å². The van der Waals surface area contributed by atoms with E-state index in [-0.39, 0.29) is 24.3 Å². The average molecular weight is 472 g/mol. The number of rotatable bonds is 8. The molecule has 1 amide bonds. The molecule has 0 aliphatic carbocycles. The number of hydrogen-bond donors (Lipinski definition) is 1. The Kier molecular flexibility index (Phi) is 7.97. The molecule has 0 bridgehead atoms. The molecule has 7 heteroatoms. The van der Waals surface area contributed by atoms with Crippen molar-refractivity contribution in [3.63, 3.8) is 0 Å². The van der Waals surface area contributed by atoms with Crippen molar-refractivity contribution in [1.29, 1.82) is 5.26 Å². The number of benzene rings is 3. The fourth-order valence-electron chi connectivity index (χ4n) is 3.71. The lowest BCUT2D eigenvalue weighted by Gasteiger charge is -2.31. The van der Waals surface area contributed by atoms with Gasteiger partial charge < -0.3 is 10.1 Å². The largest absolute Gasteiger partial charge is 0.484 e. The molecule has 4 rings (SSSR count). The predicted molar refractivity (Wildman–Crippen MR) is 132 cm³/mol. The number of nitriles is 1. The first kappa shape index (κ1) is 23.6. The van der Waals surface area contributed by atoms with Crippen LogP contribution in [-0.4, -0.2) is 41.7 Å². The van der Waals surface area contributed by atoms with E-state index in [0.29, 0.717) is 22.4 Å². The second-order valence-corrected chi connectivity index (χ2v) is 9.18. The molecular weight excluding hydrogens is 446 g/mol. The maximum Gasteiger partial charge on any atom is 0.258 e. The van der Waals surface area contributed by atoms with E-state index in [1.54, 1.807) is 48.3 Å². The second kappa shape index (κ2) is 11.5. The van der Waals surface area contributed by atoms with Crippen molar-refractivity contribution in [3.05, 3.63) is 95.6 Å². The third-order valence-corrected chi connectivity index (χ3v) is 6.67. The van der Waals surface area contributed by atoms with Gasteiger partial charge in [0.25, 0.3) is 5.91 Å². The summed E-state index contributed by atoms with van der Waals surface area (Å²) in [5.74, 6) is 0.351. The minimum Gasteiger partial charge on any atom is -0.484 e. The van der Waals surface area contributed by atoms with E-state index < -0.39 is 0 Å². The van der Waals surface area contributed by atoms with Gasteiger partial charge in [-0.15, -0.1) is 0 Å². The molecule has 6 nitrogen and oxygen atoms in total. The Morgan fingerprint density at radius 1 is 0.941 bits per heavy atom. The van der Waals surface area contributed by atoms with Crippen LogP contribution in [-0.2, 0) is 4.79 Å². The van der Waals surface area contributed by atoms with Crippen LogP contribution in [0, 0.1) is 11.3 Å². The molecule has 0 radical (unpaired) electrons. The van der Waals surface area contributed by atoms with Gasteiger partial charge in [0.1, 0.15) is 5.75 Å². The highest BCUT2D eigenvalue weighted by atomic mass is 32.2. The molecule has 3 aromatic carbocycles. The summed E-state index contributed by atoms with van der Waals surface area (Å²) in [7, 11) is 0. The Bertz CT molecular complexity index is 1150. The van der Waals surface area contributed by atoms with Gasteiger partial charge in [-0.2, -0.15) is 5.26 Å². The lowest BCUT2D eigenvalue weighted by molar-refractivity contribution is -0.124. The van der Waals surface area contributed by atoms with Gasteiger partial charge in [-0.05, 0) is 73.3 Å². The van der Waals surface area contributed by atoms with Crippen molar-refractivity contribution in [2.45, 2.75) is 23.8 Å². The quantitative estimate of drug-likeness (QED) is 0.386. The Hall–Kier alpha value is -3.60. The third kappa shape index (κ3) is 6.47. The summed E-state index contributed by atoms with van der Waals surface area (Å²) >= 11 is 1.68. The first-order chi connectivity index (χ1) is 16.6. The van der Waals surface area contributed by atoms with Gasteiger partial charge in [0.2, 0.25) is 0 Å². The molecular formula is C27H25N3O3S. The molecule has 1 saturated heterocycles. The molecule has 172 valence electrons. The highest BCUT2D eigenvalue weighted by Crippen LogP contribution is 2.26. The van der Waals surface area contributed by atoms with E-state index in [4.69, 9.17) is 10.00 Å². The normalized spacial score (nSPS) is 14.2. The molecule has 0 aromatic heterocycles. The van der Waals surface area contributed by atoms with E-state index in [1.807, 2.05) is 42.5 Å². The Labute approximate surface area is 203 Å². The molecule has 0 unspecified atom stereocenters. The molecule has 3 aromatic rings. The highest BCUT2D eigenvalue weighted by Gasteiger charge is 2.21. The van der Waals surface area contributed by atoms with Crippen molar-refractivity contribution >= 4 is 23.6 Å². The van der Waals surface area contributed by atoms with E-state index in [0.717, 1.165) is 30.8 Å². The smallest absolute Gasteiger partial charge is 0.258 e. The number of ether oxygens (including phenoxy) is 1. The molecule has 34 heavy (non-hydrogen) atoms. The molecule has 0 saturated carbocycles. The van der Waals surface area contributed by atoms with E-state index in [9.17, 15) is 9.59 Å². The molecule has 1 aliphatic heterocycles. The van der Waals surface area contributed by atoms with Crippen LogP contribution in [0.3, 0.4) is 0 Å². The highest BCUT2D eigenvalue weighted by molar-refractivity contribution is 7.97. The minimum atomic E-state index is -0.150. The summed E-state index contributed by atoms with van der Waals surface area (Å²) in [6.45, 7) is 1.67. The average Bonchev–Trinajstić information content (AvgIpc) is 2.89. The van der Waals surface area contributed by atoms with Gasteiger partial charge in [0.05, 0.1) is 11.6 Å². The SMILES string of the molecule is N#Cc1ccc(SN2CCC(NC(=O)COc3ccc(C(=O)c4ccccc4)cc3)CC2)cc1. The topological polar surface area (TPSA) is 82.4 Å². The Balaban J connectivity index is 1.18. The molecule has 1 N–H and O–H groups in total. The summed E-state index contributed by atoms with van der Waals surface area (Å²) in [5, 5.41) is 12.0. The van der Waals surface area contributed by atoms with E-state index >= 15 is 0 Å². The van der Waals surface area contributed by atoms with E-state index in [2.05, 4.69) is 15.7 Å². The molecule has 0 atom stereocenters. The molecule has 1 aliphatic rings. The van der Waals surface area contributed by atoms with E-state index in [1.165, 1.54) is 0 Å². The first-order valence-corrected chi connectivity index (χ1v) is 11.9. The number of amides is 1. The number of nitrogens with zero attached hydrogens (tertiary/aromatic N) is 2. The van der Waals surface area contributed by atoms with Crippen LogP contribution in [0.1, 0.15) is 34.3 Å². The van der Waals surface area contributed by atoms with Gasteiger partial charge in [0, 0.05) is 35.2 Å². The summed E-state index contributed by atoms with van der Waals surface area (Å²) < 4.78 is 7.88. The Morgan fingerprint density at radius 3 is 2.24 bits per heavy atom. The van der Waals surface area contributed by atoms with Crippen molar-refractivity contribution in [3.8, 4) is 11.8 Å². The number of piperidine rings is 1. The van der Waals surface area contributed by atoms with Crippen LogP contribution in [0.5, 0.6) is 5.75 Å². The van der Waals surface area contributed by atoms with Crippen molar-refractivity contribution in [2.24, 2.45) is 0 Å². The fourth-order valence-corrected chi connectivity index (χ4v) is 4.66. The predicted octanol–water partition coefficient (Wildman–Crippen LogP) is 4.46. The van der Waals surface area contributed by atoms with Gasteiger partial charge in [-0.25, -0.2) is 4.31 Å². The summed E-state index contributed by atoms with van der Waals surface area (Å²) in [4.78, 5) is 25.9. The standard InChI is InChI=1S/C27H25N3O3S/c28-18-20-6-12-25(13-7-20)34-30-16-14-23(15-17-30)29-26(31)19-33-24-10-8-22(9-11-24)27(32)21-4-2-1-3-5-21/h1-13,23H,14-17,19H2,(H,29,31). The van der Waals surface area contributed by atoms with Crippen LogP contribution in [0.25, 0.3) is 0 Å². The van der Waals surface area contributed by atoms with Crippen molar-refractivity contribution < 1.29 is 14.3 Å². The van der Waals surface area contributed by atoms with Gasteiger partial charge in [-0.1, -0.05) is 30.3 Å². The summed E-state index contributed by atoms with van der Waals surface area (Å²) in [6, 6.07) is 25.8.